The molecule has 0 amide bonds. The molecule has 1 saturated heterocycles. The zero-order chi connectivity index (χ0) is 22.7. The van der Waals surface area contributed by atoms with Crippen LogP contribution in [-0.4, -0.2) is 76.5 Å². The van der Waals surface area contributed by atoms with Crippen molar-refractivity contribution in [3.05, 3.63) is 5.82 Å². The first-order valence-electron chi connectivity index (χ1n) is 9.85. The van der Waals surface area contributed by atoms with Gasteiger partial charge in [-0.05, 0) is 30.2 Å². The number of rotatable bonds is 6. The first-order chi connectivity index (χ1) is 15.1. The number of halogens is 5. The van der Waals surface area contributed by atoms with Gasteiger partial charge < -0.3 is 9.64 Å². The van der Waals surface area contributed by atoms with Gasteiger partial charge in [0.1, 0.15) is 6.54 Å². The Balaban J connectivity index is 1.51. The molecule has 0 spiro atoms. The fraction of sp³-hybridized carbons (Fsp3) is 0.688. The molecule has 0 N–H and O–H groups in total. The van der Waals surface area contributed by atoms with Crippen LogP contribution in [0.4, 0.5) is 27.8 Å². The summed E-state index contributed by atoms with van der Waals surface area (Å²) in [4.78, 5) is 10.3. The van der Waals surface area contributed by atoms with Crippen LogP contribution in [0.1, 0.15) is 38.1 Å². The third-order valence-corrected chi connectivity index (χ3v) is 5.20. The van der Waals surface area contributed by atoms with Gasteiger partial charge in [0.15, 0.2) is 23.3 Å². The van der Waals surface area contributed by atoms with Gasteiger partial charge in [0.25, 0.3) is 5.92 Å². The maximum atomic E-state index is 13.8. The minimum Gasteiger partial charge on any atom is -0.451 e. The minimum atomic E-state index is -4.66. The van der Waals surface area contributed by atoms with E-state index in [-0.39, 0.29) is 36.1 Å². The van der Waals surface area contributed by atoms with Gasteiger partial charge in [0.05, 0.1) is 12.6 Å². The van der Waals surface area contributed by atoms with Gasteiger partial charge in [0, 0.05) is 13.0 Å². The highest BCUT2D eigenvalue weighted by Gasteiger charge is 2.41. The quantitative estimate of drug-likeness (QED) is 0.508. The summed E-state index contributed by atoms with van der Waals surface area (Å²) in [6.45, 7) is 0.150. The van der Waals surface area contributed by atoms with Crippen LogP contribution in [0, 0.1) is 0 Å². The van der Waals surface area contributed by atoms with E-state index >= 15 is 0 Å². The summed E-state index contributed by atoms with van der Waals surface area (Å²) in [6, 6.07) is -0.418. The molecule has 0 aromatic carbocycles. The van der Waals surface area contributed by atoms with Crippen molar-refractivity contribution in [3.63, 3.8) is 0 Å². The second kappa shape index (κ2) is 7.16. The molecule has 5 rings (SSSR count). The van der Waals surface area contributed by atoms with E-state index in [1.165, 1.54) is 9.70 Å². The molecule has 2 fully saturated rings. The topological polar surface area (TPSA) is 113 Å². The van der Waals surface area contributed by atoms with Gasteiger partial charge in [0.2, 0.25) is 5.65 Å². The summed E-state index contributed by atoms with van der Waals surface area (Å²) in [7, 11) is 0. The van der Waals surface area contributed by atoms with Crippen LogP contribution in [-0.2, 0) is 6.54 Å². The number of tetrazole rings is 1. The third-order valence-electron chi connectivity index (χ3n) is 5.20. The molecule has 1 aliphatic heterocycles. The SMILES string of the molecule is CC(Oc1nc(N2CCC(F)(F)C2)c2nn(Cc3nnnn3C3CC3)nc2n1)C(F)(F)F. The maximum absolute atomic E-state index is 13.8. The Bertz CT molecular complexity index is 1140. The molecule has 1 aliphatic carbocycles. The van der Waals surface area contributed by atoms with E-state index in [4.69, 9.17) is 4.74 Å². The van der Waals surface area contributed by atoms with Crippen molar-refractivity contribution >= 4 is 17.0 Å². The zero-order valence-corrected chi connectivity index (χ0v) is 16.7. The molecule has 1 saturated carbocycles. The van der Waals surface area contributed by atoms with E-state index < -0.39 is 37.2 Å². The van der Waals surface area contributed by atoms with E-state index in [0.29, 0.717) is 5.82 Å². The van der Waals surface area contributed by atoms with Crippen molar-refractivity contribution < 1.29 is 26.7 Å². The highest BCUT2D eigenvalue weighted by atomic mass is 19.4. The molecular weight excluding hydrogens is 443 g/mol. The van der Waals surface area contributed by atoms with Crippen molar-refractivity contribution in [2.75, 3.05) is 18.0 Å². The molecule has 16 heteroatoms. The smallest absolute Gasteiger partial charge is 0.425 e. The molecule has 3 aromatic heterocycles. The van der Waals surface area contributed by atoms with E-state index in [9.17, 15) is 22.0 Å². The highest BCUT2D eigenvalue weighted by molar-refractivity contribution is 5.83. The van der Waals surface area contributed by atoms with E-state index in [2.05, 4.69) is 35.7 Å². The summed E-state index contributed by atoms with van der Waals surface area (Å²) < 4.78 is 72.9. The molecule has 11 nitrogen and oxygen atoms in total. The van der Waals surface area contributed by atoms with Crippen molar-refractivity contribution in [1.29, 1.82) is 0 Å². The van der Waals surface area contributed by atoms with Crippen molar-refractivity contribution in [2.24, 2.45) is 0 Å². The molecule has 32 heavy (non-hydrogen) atoms. The molecule has 0 bridgehead atoms. The number of nitrogens with zero attached hydrogens (tertiary/aromatic N) is 10. The lowest BCUT2D eigenvalue weighted by Gasteiger charge is -2.19. The molecule has 4 heterocycles. The van der Waals surface area contributed by atoms with Gasteiger partial charge in [-0.1, -0.05) is 0 Å². The average molecular weight is 460 g/mol. The van der Waals surface area contributed by atoms with Gasteiger partial charge in [-0.3, -0.25) is 0 Å². The minimum absolute atomic E-state index is 0.0554. The lowest BCUT2D eigenvalue weighted by atomic mass is 10.3. The Morgan fingerprint density at radius 3 is 2.62 bits per heavy atom. The van der Waals surface area contributed by atoms with E-state index in [1.807, 2.05) is 0 Å². The predicted octanol–water partition coefficient (Wildman–Crippen LogP) is 1.77. The monoisotopic (exact) mass is 460 g/mol. The van der Waals surface area contributed by atoms with Crippen molar-refractivity contribution in [3.8, 4) is 6.01 Å². The molecule has 0 radical (unpaired) electrons. The Morgan fingerprint density at radius 1 is 1.19 bits per heavy atom. The number of aromatic nitrogens is 9. The Labute approximate surface area is 176 Å². The molecular formula is C16H17F5N10O. The van der Waals surface area contributed by atoms with Crippen LogP contribution < -0.4 is 9.64 Å². The second-order valence-corrected chi connectivity index (χ2v) is 7.83. The number of hydrogen-bond donors (Lipinski definition) is 0. The number of hydrogen-bond acceptors (Lipinski definition) is 9. The first kappa shape index (κ1) is 20.7. The van der Waals surface area contributed by atoms with Crippen LogP contribution in [0.2, 0.25) is 0 Å². The lowest BCUT2D eigenvalue weighted by Crippen LogP contribution is -2.32. The van der Waals surface area contributed by atoms with Crippen LogP contribution >= 0.6 is 0 Å². The van der Waals surface area contributed by atoms with Gasteiger partial charge in [-0.15, -0.1) is 15.3 Å². The normalized spacial score (nSPS) is 19.6. The van der Waals surface area contributed by atoms with Crippen LogP contribution in [0.25, 0.3) is 11.2 Å². The maximum Gasteiger partial charge on any atom is 0.425 e. The second-order valence-electron chi connectivity index (χ2n) is 7.83. The van der Waals surface area contributed by atoms with Crippen LogP contribution in [0.3, 0.4) is 0 Å². The van der Waals surface area contributed by atoms with Crippen molar-refractivity contribution in [2.45, 2.75) is 57.0 Å². The first-order valence-corrected chi connectivity index (χ1v) is 9.85. The summed E-state index contributed by atoms with van der Waals surface area (Å²) in [5.41, 5.74) is -0.0137. The molecule has 172 valence electrons. The molecule has 2 aliphatic rings. The summed E-state index contributed by atoms with van der Waals surface area (Å²) in [5, 5.41) is 20.0. The number of alkyl halides is 5. The Kier molecular flexibility index (Phi) is 4.63. The molecule has 3 aromatic rings. The fourth-order valence-electron chi connectivity index (χ4n) is 3.35. The van der Waals surface area contributed by atoms with E-state index in [0.717, 1.165) is 19.8 Å². The predicted molar refractivity (Wildman–Crippen MR) is 96.2 cm³/mol. The highest BCUT2D eigenvalue weighted by Crippen LogP contribution is 2.35. The Hall–Kier alpha value is -3.20. The van der Waals surface area contributed by atoms with Gasteiger partial charge >= 0.3 is 12.2 Å². The standard InChI is InChI=1S/C16H17F5N10O/c1-8(16(19,20)21)32-14-22-12-11(13(23-14)29-5-4-15(17,18)7-29)25-30(26-12)6-10-24-27-28-31(10)9-2-3-9/h8-9H,2-7H2,1H3. The fourth-order valence-corrected chi connectivity index (χ4v) is 3.35. The lowest BCUT2D eigenvalue weighted by molar-refractivity contribution is -0.190. The van der Waals surface area contributed by atoms with Gasteiger partial charge in [-0.2, -0.15) is 27.9 Å². The summed E-state index contributed by atoms with van der Waals surface area (Å²) in [6.07, 6.45) is -5.38. The van der Waals surface area contributed by atoms with Crippen LogP contribution in [0.5, 0.6) is 6.01 Å². The van der Waals surface area contributed by atoms with E-state index in [1.54, 1.807) is 4.68 Å². The molecule has 1 unspecified atom stereocenters. The Morgan fingerprint density at radius 2 is 1.97 bits per heavy atom. The number of ether oxygens (including phenoxy) is 1. The third kappa shape index (κ3) is 4.00. The number of fused-ring (bicyclic) bond motifs is 1. The average Bonchev–Trinajstić information content (AvgIpc) is 3.12. The summed E-state index contributed by atoms with van der Waals surface area (Å²) in [5.74, 6) is -2.54. The summed E-state index contributed by atoms with van der Waals surface area (Å²) >= 11 is 0. The largest absolute Gasteiger partial charge is 0.451 e. The zero-order valence-electron chi connectivity index (χ0n) is 16.7. The van der Waals surface area contributed by atoms with Crippen molar-refractivity contribution in [1.82, 2.24) is 45.2 Å². The van der Waals surface area contributed by atoms with Crippen LogP contribution in [0.15, 0.2) is 0 Å². The van der Waals surface area contributed by atoms with Gasteiger partial charge in [-0.25, -0.2) is 13.5 Å². The number of anilines is 1. The molecule has 1 atom stereocenters.